The number of alkyl halides is 2. The second-order valence-electron chi connectivity index (χ2n) is 6.64. The van der Waals surface area contributed by atoms with Crippen molar-refractivity contribution in [2.45, 2.75) is 39.4 Å². The van der Waals surface area contributed by atoms with Crippen molar-refractivity contribution >= 4 is 11.0 Å². The van der Waals surface area contributed by atoms with Gasteiger partial charge in [0, 0.05) is 29.8 Å². The quantitative estimate of drug-likeness (QED) is 0.686. The zero-order valence-electron chi connectivity index (χ0n) is 15.5. The molecular formula is C19H21F2N3O3. The summed E-state index contributed by atoms with van der Waals surface area (Å²) < 4.78 is 34.6. The number of pyridine rings is 1. The first kappa shape index (κ1) is 19.0. The van der Waals surface area contributed by atoms with Crippen LogP contribution < -0.4 is 9.47 Å². The van der Waals surface area contributed by atoms with Gasteiger partial charge in [-0.25, -0.2) is 4.98 Å². The number of methoxy groups -OCH3 is 1. The number of hydrogen-bond acceptors (Lipinski definition) is 5. The van der Waals surface area contributed by atoms with E-state index in [-0.39, 0.29) is 12.2 Å². The molecule has 2 heterocycles. The summed E-state index contributed by atoms with van der Waals surface area (Å²) in [4.78, 5) is 11.8. The Morgan fingerprint density at radius 2 is 2.04 bits per heavy atom. The Morgan fingerprint density at radius 3 is 2.70 bits per heavy atom. The molecule has 0 bridgehead atoms. The zero-order chi connectivity index (χ0) is 19.8. The molecular weight excluding hydrogens is 356 g/mol. The van der Waals surface area contributed by atoms with Gasteiger partial charge in [0.15, 0.2) is 0 Å². The van der Waals surface area contributed by atoms with Crippen LogP contribution in [-0.4, -0.2) is 33.8 Å². The highest BCUT2D eigenvalue weighted by Crippen LogP contribution is 2.31. The van der Waals surface area contributed by atoms with Gasteiger partial charge in [0.05, 0.1) is 23.8 Å². The van der Waals surface area contributed by atoms with E-state index in [9.17, 15) is 13.9 Å². The molecule has 0 amide bonds. The molecule has 0 aliphatic carbocycles. The Kier molecular flexibility index (Phi) is 5.01. The molecule has 3 aromatic rings. The maximum absolute atomic E-state index is 12.4. The van der Waals surface area contributed by atoms with E-state index in [1.165, 1.54) is 12.1 Å². The summed E-state index contributed by atoms with van der Waals surface area (Å²) in [6.45, 7) is 2.50. The normalized spacial score (nSPS) is 13.8. The van der Waals surface area contributed by atoms with Gasteiger partial charge in [0.2, 0.25) is 0 Å². The Labute approximate surface area is 155 Å². The van der Waals surface area contributed by atoms with E-state index in [2.05, 4.69) is 19.7 Å². The van der Waals surface area contributed by atoms with Crippen molar-refractivity contribution in [2.75, 3.05) is 7.11 Å². The van der Waals surface area contributed by atoms with E-state index in [1.54, 1.807) is 26.3 Å². The van der Waals surface area contributed by atoms with Crippen molar-refractivity contribution < 1.29 is 23.4 Å². The van der Waals surface area contributed by atoms with Gasteiger partial charge in [0.25, 0.3) is 0 Å². The van der Waals surface area contributed by atoms with Gasteiger partial charge < -0.3 is 19.6 Å². The third-order valence-corrected chi connectivity index (χ3v) is 4.45. The molecule has 0 saturated heterocycles. The van der Waals surface area contributed by atoms with E-state index in [1.807, 2.05) is 13.8 Å². The minimum atomic E-state index is -2.91. The van der Waals surface area contributed by atoms with Gasteiger partial charge >= 0.3 is 6.61 Å². The maximum Gasteiger partial charge on any atom is 0.387 e. The predicted molar refractivity (Wildman–Crippen MR) is 96.3 cm³/mol. The number of ether oxygens (including phenoxy) is 2. The Morgan fingerprint density at radius 1 is 1.30 bits per heavy atom. The van der Waals surface area contributed by atoms with Crippen LogP contribution in [-0.2, 0) is 12.0 Å². The van der Waals surface area contributed by atoms with Gasteiger partial charge in [-0.1, -0.05) is 0 Å². The molecule has 1 aromatic carbocycles. The Hall–Kier alpha value is -2.74. The summed E-state index contributed by atoms with van der Waals surface area (Å²) in [7, 11) is 1.59. The third kappa shape index (κ3) is 3.85. The van der Waals surface area contributed by atoms with Crippen molar-refractivity contribution in [3.05, 3.63) is 47.0 Å². The van der Waals surface area contributed by atoms with E-state index in [0.29, 0.717) is 22.6 Å². The largest absolute Gasteiger partial charge is 0.496 e. The van der Waals surface area contributed by atoms with Crippen LogP contribution in [0, 0.1) is 13.8 Å². The van der Waals surface area contributed by atoms with Crippen molar-refractivity contribution in [3.8, 4) is 11.5 Å². The summed E-state index contributed by atoms with van der Waals surface area (Å²) in [6, 6.07) is 4.40. The highest BCUT2D eigenvalue weighted by Gasteiger charge is 2.29. The molecule has 27 heavy (non-hydrogen) atoms. The minimum absolute atomic E-state index is 0.0102. The summed E-state index contributed by atoms with van der Waals surface area (Å²) in [5.74, 6) is 1.05. The fraction of sp³-hybridized carbons (Fsp3) is 0.368. The molecule has 1 unspecified atom stereocenters. The van der Waals surface area contributed by atoms with E-state index in [0.717, 1.165) is 16.9 Å². The number of aliphatic hydroxyl groups is 1. The fourth-order valence-corrected chi connectivity index (χ4v) is 3.08. The summed E-state index contributed by atoms with van der Waals surface area (Å²) in [6.07, 6.45) is 1.90. The van der Waals surface area contributed by atoms with Crippen LogP contribution in [0.3, 0.4) is 0 Å². The van der Waals surface area contributed by atoms with Crippen LogP contribution >= 0.6 is 0 Å². The SMILES string of the molecule is COc1c(C)cnc(CC(C)(O)c2nc3cc(OC(F)F)ccc3[nH]2)c1C. The minimum Gasteiger partial charge on any atom is -0.496 e. The van der Waals surface area contributed by atoms with E-state index < -0.39 is 12.2 Å². The number of nitrogens with one attached hydrogen (secondary N) is 1. The number of fused-ring (bicyclic) bond motifs is 1. The highest BCUT2D eigenvalue weighted by molar-refractivity contribution is 5.77. The molecule has 3 rings (SSSR count). The smallest absolute Gasteiger partial charge is 0.387 e. The average molecular weight is 377 g/mol. The number of aromatic amines is 1. The monoisotopic (exact) mass is 377 g/mol. The first-order chi connectivity index (χ1) is 12.7. The lowest BCUT2D eigenvalue weighted by Crippen LogP contribution is -2.27. The molecule has 0 saturated carbocycles. The number of aryl methyl sites for hydroxylation is 1. The van der Waals surface area contributed by atoms with Gasteiger partial charge in [-0.05, 0) is 32.9 Å². The van der Waals surface area contributed by atoms with Crippen molar-refractivity contribution in [3.63, 3.8) is 0 Å². The molecule has 8 heteroatoms. The molecule has 2 aromatic heterocycles. The Balaban J connectivity index is 1.93. The lowest BCUT2D eigenvalue weighted by molar-refractivity contribution is -0.0497. The van der Waals surface area contributed by atoms with Gasteiger partial charge in [-0.3, -0.25) is 4.98 Å². The molecule has 0 fully saturated rings. The molecule has 0 spiro atoms. The number of hydrogen-bond donors (Lipinski definition) is 2. The first-order valence-electron chi connectivity index (χ1n) is 8.38. The predicted octanol–water partition coefficient (Wildman–Crippen LogP) is 3.63. The summed E-state index contributed by atoms with van der Waals surface area (Å²) >= 11 is 0. The van der Waals surface area contributed by atoms with E-state index >= 15 is 0 Å². The van der Waals surface area contributed by atoms with Gasteiger partial charge in [0.1, 0.15) is 22.9 Å². The van der Waals surface area contributed by atoms with Crippen molar-refractivity contribution in [1.29, 1.82) is 0 Å². The van der Waals surface area contributed by atoms with Crippen LogP contribution in [0.5, 0.6) is 11.5 Å². The average Bonchev–Trinajstić information content (AvgIpc) is 3.02. The molecule has 0 aliphatic heterocycles. The maximum atomic E-state index is 12.4. The number of aromatic nitrogens is 3. The number of nitrogens with zero attached hydrogens (tertiary/aromatic N) is 2. The second-order valence-corrected chi connectivity index (χ2v) is 6.64. The second kappa shape index (κ2) is 7.11. The topological polar surface area (TPSA) is 80.3 Å². The van der Waals surface area contributed by atoms with Crippen LogP contribution in [0.1, 0.15) is 29.6 Å². The van der Waals surface area contributed by atoms with Crippen LogP contribution in [0.15, 0.2) is 24.4 Å². The van der Waals surface area contributed by atoms with Crippen molar-refractivity contribution in [2.24, 2.45) is 0 Å². The number of imidazole rings is 1. The zero-order valence-corrected chi connectivity index (χ0v) is 15.5. The molecule has 0 radical (unpaired) electrons. The summed E-state index contributed by atoms with van der Waals surface area (Å²) in [5.41, 5.74) is 2.13. The summed E-state index contributed by atoms with van der Waals surface area (Å²) in [5, 5.41) is 11.0. The number of halogens is 2. The van der Waals surface area contributed by atoms with E-state index in [4.69, 9.17) is 4.74 Å². The van der Waals surface area contributed by atoms with Crippen LogP contribution in [0.2, 0.25) is 0 Å². The molecule has 144 valence electrons. The molecule has 1 atom stereocenters. The third-order valence-electron chi connectivity index (χ3n) is 4.45. The first-order valence-corrected chi connectivity index (χ1v) is 8.38. The lowest BCUT2D eigenvalue weighted by Gasteiger charge is -2.22. The highest BCUT2D eigenvalue weighted by atomic mass is 19.3. The molecule has 0 aliphatic rings. The molecule has 6 nitrogen and oxygen atoms in total. The van der Waals surface area contributed by atoms with Gasteiger partial charge in [-0.15, -0.1) is 0 Å². The number of H-pyrrole nitrogens is 1. The fourth-order valence-electron chi connectivity index (χ4n) is 3.08. The van der Waals surface area contributed by atoms with Crippen LogP contribution in [0.25, 0.3) is 11.0 Å². The van der Waals surface area contributed by atoms with Gasteiger partial charge in [-0.2, -0.15) is 8.78 Å². The molecule has 2 N–H and O–H groups in total. The van der Waals surface area contributed by atoms with Crippen LogP contribution in [0.4, 0.5) is 8.78 Å². The lowest BCUT2D eigenvalue weighted by atomic mass is 9.96. The standard InChI is InChI=1S/C19H21F2N3O3/c1-10-9-22-15(11(2)16(10)26-4)8-19(3,25)17-23-13-6-5-12(27-18(20)21)7-14(13)24-17/h5-7,9,18,25H,8H2,1-4H3,(H,23,24). The van der Waals surface area contributed by atoms with Crippen molar-refractivity contribution in [1.82, 2.24) is 15.0 Å². The Bertz CT molecular complexity index is 970. The number of benzene rings is 1. The number of rotatable bonds is 6.